The second-order valence-electron chi connectivity index (χ2n) is 5.88. The van der Waals surface area contributed by atoms with Crippen LogP contribution in [0.25, 0.3) is 0 Å². The van der Waals surface area contributed by atoms with E-state index in [9.17, 15) is 14.4 Å². The molecule has 1 rings (SSSR count). The molecule has 0 saturated heterocycles. The third-order valence-corrected chi connectivity index (χ3v) is 3.31. The van der Waals surface area contributed by atoms with Crippen LogP contribution in [0.15, 0.2) is 18.2 Å². The van der Waals surface area contributed by atoms with E-state index in [1.807, 2.05) is 0 Å². The van der Waals surface area contributed by atoms with Gasteiger partial charge in [-0.2, -0.15) is 0 Å². The van der Waals surface area contributed by atoms with Crippen molar-refractivity contribution in [2.24, 2.45) is 0 Å². The van der Waals surface area contributed by atoms with Gasteiger partial charge in [0.25, 0.3) is 0 Å². The molecule has 0 aliphatic carbocycles. The van der Waals surface area contributed by atoms with Crippen LogP contribution >= 0.6 is 0 Å². The summed E-state index contributed by atoms with van der Waals surface area (Å²) in [6.07, 6.45) is 0.288. The number of carboxylic acid groups (broad SMARTS) is 1. The summed E-state index contributed by atoms with van der Waals surface area (Å²) in [5.41, 5.74) is 0.991. The summed E-state index contributed by atoms with van der Waals surface area (Å²) in [5.74, 6) is -1.34. The van der Waals surface area contributed by atoms with Crippen LogP contribution in [0.4, 0.5) is 10.5 Å². The molecule has 7 nitrogen and oxygen atoms in total. The van der Waals surface area contributed by atoms with Crippen molar-refractivity contribution in [3.05, 3.63) is 29.3 Å². The van der Waals surface area contributed by atoms with E-state index >= 15 is 0 Å². The van der Waals surface area contributed by atoms with E-state index in [1.165, 1.54) is 7.11 Å². The fraction of sp³-hybridized carbons (Fsp3) is 0.438. The number of amides is 2. The Bertz CT molecular complexity index is 610. The van der Waals surface area contributed by atoms with E-state index in [1.54, 1.807) is 39.0 Å². The number of rotatable bonds is 6. The van der Waals surface area contributed by atoms with Crippen molar-refractivity contribution < 1.29 is 24.2 Å². The molecule has 0 atom stereocenters. The van der Waals surface area contributed by atoms with Crippen LogP contribution in [0.3, 0.4) is 0 Å². The maximum absolute atomic E-state index is 12.0. The Balaban J connectivity index is 2.69. The molecule has 2 amide bonds. The molecule has 0 radical (unpaired) electrons. The van der Waals surface area contributed by atoms with Crippen LogP contribution in [0.1, 0.15) is 42.6 Å². The minimum absolute atomic E-state index is 0.0276. The molecule has 7 heteroatoms. The Kier molecular flexibility index (Phi) is 6.12. The predicted octanol–water partition coefficient (Wildman–Crippen LogP) is 2.55. The minimum atomic E-state index is -0.908. The summed E-state index contributed by atoms with van der Waals surface area (Å²) >= 11 is 0. The maximum Gasteiger partial charge on any atom is 0.338 e. The Morgan fingerprint density at radius 3 is 2.43 bits per heavy atom. The number of benzene rings is 1. The normalized spacial score (nSPS) is 10.8. The van der Waals surface area contributed by atoms with Gasteiger partial charge in [0, 0.05) is 17.6 Å². The number of aryl methyl sites for hydroxylation is 1. The fourth-order valence-electron chi connectivity index (χ4n) is 2.03. The molecular formula is C16H22N2O5. The number of hydrogen-bond donors (Lipinski definition) is 3. The summed E-state index contributed by atoms with van der Waals surface area (Å²) in [5, 5.41) is 14.1. The quantitative estimate of drug-likeness (QED) is 0.698. The van der Waals surface area contributed by atoms with E-state index in [0.29, 0.717) is 23.2 Å². The Labute approximate surface area is 135 Å². The molecule has 0 fully saturated rings. The molecule has 0 aliphatic heterocycles. The van der Waals surface area contributed by atoms with Gasteiger partial charge in [0.1, 0.15) is 0 Å². The molecule has 1 aromatic carbocycles. The lowest BCUT2D eigenvalue weighted by Crippen LogP contribution is -2.45. The van der Waals surface area contributed by atoms with Gasteiger partial charge in [-0.1, -0.05) is 0 Å². The lowest BCUT2D eigenvalue weighted by Gasteiger charge is -2.25. The summed E-state index contributed by atoms with van der Waals surface area (Å²) in [6, 6.07) is 4.40. The zero-order valence-corrected chi connectivity index (χ0v) is 13.7. The number of carbonyl (C=O) groups excluding carboxylic acids is 2. The van der Waals surface area contributed by atoms with E-state index in [-0.39, 0.29) is 6.42 Å². The number of methoxy groups -OCH3 is 1. The maximum atomic E-state index is 12.0. The largest absolute Gasteiger partial charge is 0.481 e. The fourth-order valence-corrected chi connectivity index (χ4v) is 2.03. The van der Waals surface area contributed by atoms with Gasteiger partial charge in [-0.05, 0) is 51.0 Å². The summed E-state index contributed by atoms with van der Waals surface area (Å²) in [4.78, 5) is 34.1. The highest BCUT2D eigenvalue weighted by Gasteiger charge is 2.21. The number of ether oxygens (including phenoxy) is 1. The number of urea groups is 1. The van der Waals surface area contributed by atoms with Crippen LogP contribution in [-0.2, 0) is 9.53 Å². The molecule has 126 valence electrons. The molecule has 0 saturated carbocycles. The number of esters is 1. The Morgan fingerprint density at radius 2 is 1.91 bits per heavy atom. The van der Waals surface area contributed by atoms with Gasteiger partial charge in [0.15, 0.2) is 0 Å². The number of nitrogens with one attached hydrogen (secondary N) is 2. The zero-order valence-electron chi connectivity index (χ0n) is 13.7. The predicted molar refractivity (Wildman–Crippen MR) is 85.6 cm³/mol. The highest BCUT2D eigenvalue weighted by molar-refractivity contribution is 5.93. The average molecular weight is 322 g/mol. The van der Waals surface area contributed by atoms with E-state index in [2.05, 4.69) is 15.4 Å². The first-order valence-corrected chi connectivity index (χ1v) is 7.14. The Morgan fingerprint density at radius 1 is 1.26 bits per heavy atom. The zero-order chi connectivity index (χ0) is 17.6. The molecule has 0 spiro atoms. The summed E-state index contributed by atoms with van der Waals surface area (Å²) in [7, 11) is 1.31. The SMILES string of the molecule is COC(=O)c1ccc(NC(=O)NC(C)(C)CCC(=O)O)cc1C. The van der Waals surface area contributed by atoms with Crippen molar-refractivity contribution in [3.8, 4) is 0 Å². The summed E-state index contributed by atoms with van der Waals surface area (Å²) in [6.45, 7) is 5.24. The van der Waals surface area contributed by atoms with Crippen molar-refractivity contribution in [2.45, 2.75) is 39.2 Å². The number of aliphatic carboxylic acids is 1. The summed E-state index contributed by atoms with van der Waals surface area (Å²) < 4.78 is 4.66. The van der Waals surface area contributed by atoms with Crippen molar-refractivity contribution >= 4 is 23.7 Å². The van der Waals surface area contributed by atoms with Gasteiger partial charge in [-0.15, -0.1) is 0 Å². The van der Waals surface area contributed by atoms with Crippen molar-refractivity contribution in [3.63, 3.8) is 0 Å². The smallest absolute Gasteiger partial charge is 0.338 e. The lowest BCUT2D eigenvalue weighted by molar-refractivity contribution is -0.137. The molecule has 23 heavy (non-hydrogen) atoms. The van der Waals surface area contributed by atoms with Gasteiger partial charge in [-0.25, -0.2) is 9.59 Å². The topological polar surface area (TPSA) is 105 Å². The number of hydrogen-bond acceptors (Lipinski definition) is 4. The van der Waals surface area contributed by atoms with Crippen LogP contribution in [0.2, 0.25) is 0 Å². The van der Waals surface area contributed by atoms with Gasteiger partial charge in [0.05, 0.1) is 12.7 Å². The Hall–Kier alpha value is -2.57. The van der Waals surface area contributed by atoms with E-state index < -0.39 is 23.5 Å². The van der Waals surface area contributed by atoms with Crippen LogP contribution in [-0.4, -0.2) is 35.7 Å². The van der Waals surface area contributed by atoms with Gasteiger partial charge in [-0.3, -0.25) is 4.79 Å². The standard InChI is InChI=1S/C16H22N2O5/c1-10-9-11(5-6-12(10)14(21)23-4)17-15(22)18-16(2,3)8-7-13(19)20/h5-6,9H,7-8H2,1-4H3,(H,19,20)(H2,17,18,22). The molecule has 0 bridgehead atoms. The second-order valence-corrected chi connectivity index (χ2v) is 5.88. The van der Waals surface area contributed by atoms with Gasteiger partial charge >= 0.3 is 18.0 Å². The first-order chi connectivity index (χ1) is 10.6. The molecule has 0 heterocycles. The van der Waals surface area contributed by atoms with Crippen LogP contribution < -0.4 is 10.6 Å². The van der Waals surface area contributed by atoms with Crippen LogP contribution in [0.5, 0.6) is 0 Å². The van der Waals surface area contributed by atoms with Gasteiger partial charge < -0.3 is 20.5 Å². The highest BCUT2D eigenvalue weighted by atomic mass is 16.5. The second kappa shape index (κ2) is 7.62. The first kappa shape index (κ1) is 18.5. The van der Waals surface area contributed by atoms with Crippen molar-refractivity contribution in [1.29, 1.82) is 0 Å². The molecule has 0 aromatic heterocycles. The first-order valence-electron chi connectivity index (χ1n) is 7.14. The molecule has 0 aliphatic rings. The van der Waals surface area contributed by atoms with E-state index in [4.69, 9.17) is 5.11 Å². The number of carbonyl (C=O) groups is 3. The highest BCUT2D eigenvalue weighted by Crippen LogP contribution is 2.17. The molecule has 1 aromatic rings. The monoisotopic (exact) mass is 322 g/mol. The van der Waals surface area contributed by atoms with Crippen molar-refractivity contribution in [2.75, 3.05) is 12.4 Å². The molecular weight excluding hydrogens is 300 g/mol. The number of anilines is 1. The lowest BCUT2D eigenvalue weighted by atomic mass is 9.99. The third kappa shape index (κ3) is 5.98. The molecule has 3 N–H and O–H groups in total. The van der Waals surface area contributed by atoms with Crippen LogP contribution in [0, 0.1) is 6.92 Å². The number of carboxylic acids is 1. The molecule has 0 unspecified atom stereocenters. The van der Waals surface area contributed by atoms with E-state index in [0.717, 1.165) is 0 Å². The minimum Gasteiger partial charge on any atom is -0.481 e. The van der Waals surface area contributed by atoms with Gasteiger partial charge in [0.2, 0.25) is 0 Å². The average Bonchev–Trinajstić information content (AvgIpc) is 2.44. The van der Waals surface area contributed by atoms with Crippen molar-refractivity contribution in [1.82, 2.24) is 5.32 Å². The third-order valence-electron chi connectivity index (χ3n) is 3.31.